The first kappa shape index (κ1) is 16.5. The largest absolute Gasteiger partial charge is 0.387 e. The van der Waals surface area contributed by atoms with Crippen LogP contribution in [0.3, 0.4) is 0 Å². The number of likely N-dealkylation sites (tertiary alicyclic amines) is 1. The molecule has 4 heteroatoms. The standard InChI is InChI=1S/C19H28N2O2/c1-15-6-8-16(9-7-15)17(22)14-20-18(23)19(10-2-3-11-19)21-12-4-5-13-21/h6-9,17,22H,2-5,10-14H2,1H3,(H,20,23)/t17-/m0/s1. The van der Waals surface area contributed by atoms with E-state index in [0.29, 0.717) is 0 Å². The van der Waals surface area contributed by atoms with Crippen LogP contribution in [0.1, 0.15) is 55.8 Å². The van der Waals surface area contributed by atoms with Crippen molar-refractivity contribution in [1.82, 2.24) is 10.2 Å². The monoisotopic (exact) mass is 316 g/mol. The summed E-state index contributed by atoms with van der Waals surface area (Å²) in [6.45, 7) is 4.39. The summed E-state index contributed by atoms with van der Waals surface area (Å²) in [4.78, 5) is 15.3. The zero-order valence-corrected chi connectivity index (χ0v) is 14.1. The van der Waals surface area contributed by atoms with E-state index in [1.165, 1.54) is 18.4 Å². The predicted octanol–water partition coefficient (Wildman–Crippen LogP) is 2.55. The van der Waals surface area contributed by atoms with Gasteiger partial charge in [-0.3, -0.25) is 9.69 Å². The number of hydrogen-bond acceptors (Lipinski definition) is 3. The highest BCUT2D eigenvalue weighted by atomic mass is 16.3. The van der Waals surface area contributed by atoms with Crippen LogP contribution >= 0.6 is 0 Å². The Morgan fingerprint density at radius 3 is 2.39 bits per heavy atom. The van der Waals surface area contributed by atoms with Gasteiger partial charge in [0.05, 0.1) is 6.10 Å². The Labute approximate surface area is 138 Å². The minimum absolute atomic E-state index is 0.114. The molecule has 1 aliphatic carbocycles. The van der Waals surface area contributed by atoms with Gasteiger partial charge < -0.3 is 10.4 Å². The SMILES string of the molecule is Cc1ccc([C@@H](O)CNC(=O)C2(N3CCCC3)CCCC2)cc1. The molecule has 2 fully saturated rings. The second-order valence-corrected chi connectivity index (χ2v) is 7.07. The summed E-state index contributed by atoms with van der Waals surface area (Å²) >= 11 is 0. The third-order valence-corrected chi connectivity index (χ3v) is 5.48. The highest BCUT2D eigenvalue weighted by Crippen LogP contribution is 2.37. The van der Waals surface area contributed by atoms with E-state index in [0.717, 1.165) is 44.3 Å². The first-order valence-corrected chi connectivity index (χ1v) is 8.90. The number of carbonyl (C=O) groups is 1. The molecule has 3 rings (SSSR count). The number of nitrogens with one attached hydrogen (secondary N) is 1. The minimum Gasteiger partial charge on any atom is -0.387 e. The van der Waals surface area contributed by atoms with Crippen molar-refractivity contribution in [2.45, 2.75) is 57.1 Å². The zero-order valence-electron chi connectivity index (χ0n) is 14.1. The molecular weight excluding hydrogens is 288 g/mol. The third kappa shape index (κ3) is 3.43. The smallest absolute Gasteiger partial charge is 0.240 e. The quantitative estimate of drug-likeness (QED) is 0.878. The number of aryl methyl sites for hydroxylation is 1. The predicted molar refractivity (Wildman–Crippen MR) is 91.2 cm³/mol. The molecule has 4 nitrogen and oxygen atoms in total. The number of carbonyl (C=O) groups excluding carboxylic acids is 1. The van der Waals surface area contributed by atoms with Crippen LogP contribution in [0.2, 0.25) is 0 Å². The van der Waals surface area contributed by atoms with Crippen molar-refractivity contribution in [1.29, 1.82) is 0 Å². The first-order chi connectivity index (χ1) is 11.1. The summed E-state index contributed by atoms with van der Waals surface area (Å²) < 4.78 is 0. The lowest BCUT2D eigenvalue weighted by atomic mass is 9.94. The fourth-order valence-corrected chi connectivity index (χ4v) is 4.05. The number of rotatable bonds is 5. The van der Waals surface area contributed by atoms with E-state index in [-0.39, 0.29) is 18.0 Å². The van der Waals surface area contributed by atoms with E-state index >= 15 is 0 Å². The van der Waals surface area contributed by atoms with Gasteiger partial charge in [-0.25, -0.2) is 0 Å². The zero-order chi connectivity index (χ0) is 16.3. The molecule has 0 unspecified atom stereocenters. The number of hydrogen-bond donors (Lipinski definition) is 2. The molecule has 1 aliphatic heterocycles. The molecule has 2 aliphatic rings. The molecule has 1 saturated heterocycles. The normalized spacial score (nSPS) is 22.2. The summed E-state index contributed by atoms with van der Waals surface area (Å²) in [6, 6.07) is 7.84. The van der Waals surface area contributed by atoms with Crippen LogP contribution in [0.5, 0.6) is 0 Å². The molecule has 126 valence electrons. The van der Waals surface area contributed by atoms with Gasteiger partial charge in [-0.2, -0.15) is 0 Å². The van der Waals surface area contributed by atoms with Gasteiger partial charge >= 0.3 is 0 Å². The Hall–Kier alpha value is -1.39. The molecule has 1 heterocycles. The van der Waals surface area contributed by atoms with Crippen molar-refractivity contribution in [3.63, 3.8) is 0 Å². The van der Waals surface area contributed by atoms with Crippen LogP contribution in [0.15, 0.2) is 24.3 Å². The number of aliphatic hydroxyl groups is 1. The summed E-state index contributed by atoms with van der Waals surface area (Å²) in [5, 5.41) is 13.3. The van der Waals surface area contributed by atoms with Crippen LogP contribution in [-0.2, 0) is 4.79 Å². The lowest BCUT2D eigenvalue weighted by Crippen LogP contribution is -2.56. The number of benzene rings is 1. The Morgan fingerprint density at radius 2 is 1.78 bits per heavy atom. The Balaban J connectivity index is 1.62. The molecule has 1 aromatic carbocycles. The van der Waals surface area contributed by atoms with E-state index in [9.17, 15) is 9.90 Å². The van der Waals surface area contributed by atoms with Gasteiger partial charge in [-0.05, 0) is 51.3 Å². The minimum atomic E-state index is -0.642. The molecule has 2 N–H and O–H groups in total. The van der Waals surface area contributed by atoms with E-state index in [4.69, 9.17) is 0 Å². The lowest BCUT2D eigenvalue weighted by molar-refractivity contribution is -0.133. The van der Waals surface area contributed by atoms with E-state index in [2.05, 4.69) is 10.2 Å². The molecule has 0 bridgehead atoms. The molecule has 1 aromatic rings. The molecule has 0 radical (unpaired) electrons. The third-order valence-electron chi connectivity index (χ3n) is 5.48. The van der Waals surface area contributed by atoms with Gasteiger partial charge in [0, 0.05) is 6.54 Å². The van der Waals surface area contributed by atoms with Crippen LogP contribution in [-0.4, -0.2) is 41.1 Å². The van der Waals surface area contributed by atoms with Crippen molar-refractivity contribution in [3.05, 3.63) is 35.4 Å². The summed E-state index contributed by atoms with van der Waals surface area (Å²) in [7, 11) is 0. The molecule has 1 saturated carbocycles. The van der Waals surface area contributed by atoms with E-state index in [1.807, 2.05) is 31.2 Å². The van der Waals surface area contributed by atoms with Crippen molar-refractivity contribution in [2.24, 2.45) is 0 Å². The maximum atomic E-state index is 12.9. The number of aliphatic hydroxyl groups excluding tert-OH is 1. The molecule has 0 spiro atoms. The Morgan fingerprint density at radius 1 is 1.17 bits per heavy atom. The van der Waals surface area contributed by atoms with Crippen LogP contribution in [0.4, 0.5) is 0 Å². The maximum absolute atomic E-state index is 12.9. The van der Waals surface area contributed by atoms with Crippen LogP contribution in [0.25, 0.3) is 0 Å². The fraction of sp³-hybridized carbons (Fsp3) is 0.632. The van der Waals surface area contributed by atoms with E-state index in [1.54, 1.807) is 0 Å². The Kier molecular flexibility index (Phi) is 5.02. The highest BCUT2D eigenvalue weighted by Gasteiger charge is 2.46. The second-order valence-electron chi connectivity index (χ2n) is 7.07. The van der Waals surface area contributed by atoms with Gasteiger partial charge in [-0.1, -0.05) is 42.7 Å². The molecular formula is C19H28N2O2. The Bertz CT molecular complexity index is 529. The average Bonchev–Trinajstić information content (AvgIpc) is 3.24. The van der Waals surface area contributed by atoms with Crippen LogP contribution < -0.4 is 5.32 Å². The van der Waals surface area contributed by atoms with Gasteiger partial charge in [0.1, 0.15) is 5.54 Å². The summed E-state index contributed by atoms with van der Waals surface area (Å²) in [5.74, 6) is 0.114. The highest BCUT2D eigenvalue weighted by molar-refractivity contribution is 5.86. The fourth-order valence-electron chi connectivity index (χ4n) is 4.05. The maximum Gasteiger partial charge on any atom is 0.240 e. The van der Waals surface area contributed by atoms with Gasteiger partial charge in [0.15, 0.2) is 0 Å². The molecule has 1 atom stereocenters. The molecule has 23 heavy (non-hydrogen) atoms. The number of nitrogens with zero attached hydrogens (tertiary/aromatic N) is 1. The van der Waals surface area contributed by atoms with Crippen LogP contribution in [0, 0.1) is 6.92 Å². The van der Waals surface area contributed by atoms with Gasteiger partial charge in [-0.15, -0.1) is 0 Å². The van der Waals surface area contributed by atoms with Crippen molar-refractivity contribution < 1.29 is 9.90 Å². The van der Waals surface area contributed by atoms with E-state index < -0.39 is 6.10 Å². The first-order valence-electron chi connectivity index (χ1n) is 8.90. The van der Waals surface area contributed by atoms with Crippen molar-refractivity contribution in [3.8, 4) is 0 Å². The molecule has 0 aromatic heterocycles. The average molecular weight is 316 g/mol. The lowest BCUT2D eigenvalue weighted by Gasteiger charge is -2.37. The van der Waals surface area contributed by atoms with Gasteiger partial charge in [0.2, 0.25) is 5.91 Å². The summed E-state index contributed by atoms with van der Waals surface area (Å²) in [5.41, 5.74) is 1.71. The van der Waals surface area contributed by atoms with Gasteiger partial charge in [0.25, 0.3) is 0 Å². The van der Waals surface area contributed by atoms with Crippen molar-refractivity contribution in [2.75, 3.05) is 19.6 Å². The summed E-state index contributed by atoms with van der Waals surface area (Å²) in [6.07, 6.45) is 5.92. The number of amides is 1. The topological polar surface area (TPSA) is 52.6 Å². The molecule has 1 amide bonds. The second kappa shape index (κ2) is 7.02. The van der Waals surface area contributed by atoms with Crippen molar-refractivity contribution >= 4 is 5.91 Å².